The van der Waals surface area contributed by atoms with E-state index in [4.69, 9.17) is 4.74 Å². The third-order valence-corrected chi connectivity index (χ3v) is 7.45. The van der Waals surface area contributed by atoms with E-state index in [1.54, 1.807) is 0 Å². The summed E-state index contributed by atoms with van der Waals surface area (Å²) in [5.41, 5.74) is 0. The molecule has 0 bridgehead atoms. The third-order valence-electron chi connectivity index (χ3n) is 5.56. The number of rotatable bonds is 5. The minimum atomic E-state index is -3.95. The first-order valence-electron chi connectivity index (χ1n) is 9.64. The van der Waals surface area contributed by atoms with Crippen LogP contribution in [0.2, 0.25) is 0 Å². The lowest BCUT2D eigenvalue weighted by molar-refractivity contribution is -0.127. The highest BCUT2D eigenvalue weighted by Gasteiger charge is 2.35. The standard InChI is InChI=1S/C19H28FN3O4S/c1-22-10-7-16(8-11-22)21-19(24)14-4-3-9-23(13-14)28(25,26)18-12-15(20)5-6-17(18)27-2/h5-6,12,14,16H,3-4,7-11,13H2,1-2H3,(H,21,24)/t14-/m1/s1. The van der Waals surface area contributed by atoms with E-state index in [2.05, 4.69) is 17.3 Å². The number of sulfonamides is 1. The van der Waals surface area contributed by atoms with E-state index in [0.717, 1.165) is 38.1 Å². The summed E-state index contributed by atoms with van der Waals surface area (Å²) in [6.07, 6.45) is 3.03. The molecule has 1 N–H and O–H groups in total. The number of hydrogen-bond donors (Lipinski definition) is 1. The molecule has 0 aromatic heterocycles. The van der Waals surface area contributed by atoms with Gasteiger partial charge in [0.1, 0.15) is 16.5 Å². The van der Waals surface area contributed by atoms with Crippen LogP contribution in [0.4, 0.5) is 4.39 Å². The SMILES string of the molecule is COc1ccc(F)cc1S(=O)(=O)N1CCC[C@@H](C(=O)NC2CCN(C)CC2)C1. The van der Waals surface area contributed by atoms with Crippen molar-refractivity contribution in [2.24, 2.45) is 5.92 Å². The molecule has 2 saturated heterocycles. The van der Waals surface area contributed by atoms with Gasteiger partial charge in [-0.1, -0.05) is 0 Å². The summed E-state index contributed by atoms with van der Waals surface area (Å²) in [5, 5.41) is 3.08. The maximum Gasteiger partial charge on any atom is 0.246 e. The average molecular weight is 414 g/mol. The summed E-state index contributed by atoms with van der Waals surface area (Å²) in [5.74, 6) is -1.05. The van der Waals surface area contributed by atoms with Gasteiger partial charge in [-0.15, -0.1) is 0 Å². The number of hydrogen-bond acceptors (Lipinski definition) is 5. The lowest BCUT2D eigenvalue weighted by Gasteiger charge is -2.34. The summed E-state index contributed by atoms with van der Waals surface area (Å²) >= 11 is 0. The minimum absolute atomic E-state index is 0.0966. The molecule has 1 amide bonds. The van der Waals surface area contributed by atoms with E-state index >= 15 is 0 Å². The van der Waals surface area contributed by atoms with Gasteiger partial charge in [-0.05, 0) is 64.0 Å². The number of nitrogens with zero attached hydrogens (tertiary/aromatic N) is 2. The summed E-state index contributed by atoms with van der Waals surface area (Å²) < 4.78 is 46.2. The molecule has 0 aliphatic carbocycles. The molecule has 0 spiro atoms. The second-order valence-electron chi connectivity index (χ2n) is 7.58. The molecule has 2 aliphatic rings. The van der Waals surface area contributed by atoms with Crippen LogP contribution in [0.25, 0.3) is 0 Å². The second-order valence-corrected chi connectivity index (χ2v) is 9.49. The van der Waals surface area contributed by atoms with Gasteiger partial charge >= 0.3 is 0 Å². The highest BCUT2D eigenvalue weighted by Crippen LogP contribution is 2.30. The van der Waals surface area contributed by atoms with Crippen LogP contribution in [0.1, 0.15) is 25.7 Å². The van der Waals surface area contributed by atoms with E-state index in [-0.39, 0.29) is 29.1 Å². The smallest absolute Gasteiger partial charge is 0.246 e. The van der Waals surface area contributed by atoms with E-state index in [9.17, 15) is 17.6 Å². The molecule has 0 saturated carbocycles. The lowest BCUT2D eigenvalue weighted by Crippen LogP contribution is -2.49. The van der Waals surface area contributed by atoms with Crippen LogP contribution < -0.4 is 10.1 Å². The number of ether oxygens (including phenoxy) is 1. The number of halogens is 1. The number of likely N-dealkylation sites (tertiary alicyclic amines) is 1. The Balaban J connectivity index is 1.70. The van der Waals surface area contributed by atoms with Gasteiger partial charge in [-0.2, -0.15) is 4.31 Å². The number of amides is 1. The number of carbonyl (C=O) groups excluding carboxylic acids is 1. The molecular weight excluding hydrogens is 385 g/mol. The number of carbonyl (C=O) groups is 1. The van der Waals surface area contributed by atoms with Crippen LogP contribution in [0.3, 0.4) is 0 Å². The third kappa shape index (κ3) is 4.64. The highest BCUT2D eigenvalue weighted by molar-refractivity contribution is 7.89. The van der Waals surface area contributed by atoms with Gasteiger partial charge in [-0.3, -0.25) is 4.79 Å². The lowest BCUT2D eigenvalue weighted by atomic mass is 9.97. The second kappa shape index (κ2) is 8.75. The van der Waals surface area contributed by atoms with Crippen molar-refractivity contribution in [2.75, 3.05) is 40.3 Å². The zero-order valence-electron chi connectivity index (χ0n) is 16.4. The largest absolute Gasteiger partial charge is 0.495 e. The first kappa shape index (κ1) is 21.0. The fourth-order valence-electron chi connectivity index (χ4n) is 3.84. The van der Waals surface area contributed by atoms with Gasteiger partial charge in [0.2, 0.25) is 15.9 Å². The fraction of sp³-hybridized carbons (Fsp3) is 0.632. The normalized spacial score (nSPS) is 22.8. The Morgan fingerprint density at radius 1 is 1.21 bits per heavy atom. The van der Waals surface area contributed by atoms with Crippen molar-refractivity contribution in [3.05, 3.63) is 24.0 Å². The van der Waals surface area contributed by atoms with Crippen LogP contribution in [-0.4, -0.2) is 69.9 Å². The number of methoxy groups -OCH3 is 1. The van der Waals surface area contributed by atoms with E-state index in [0.29, 0.717) is 19.4 Å². The molecule has 28 heavy (non-hydrogen) atoms. The predicted molar refractivity (Wildman–Crippen MR) is 103 cm³/mol. The molecule has 156 valence electrons. The van der Waals surface area contributed by atoms with Gasteiger partial charge in [-0.25, -0.2) is 12.8 Å². The molecule has 7 nitrogen and oxygen atoms in total. The first-order chi connectivity index (χ1) is 13.3. The van der Waals surface area contributed by atoms with Crippen LogP contribution >= 0.6 is 0 Å². The van der Waals surface area contributed by atoms with Crippen molar-refractivity contribution >= 4 is 15.9 Å². The van der Waals surface area contributed by atoms with Gasteiger partial charge in [0.05, 0.1) is 13.0 Å². The quantitative estimate of drug-likeness (QED) is 0.790. The predicted octanol–water partition coefficient (Wildman–Crippen LogP) is 1.45. The van der Waals surface area contributed by atoms with Crippen molar-refractivity contribution in [1.82, 2.24) is 14.5 Å². The van der Waals surface area contributed by atoms with E-state index in [1.807, 2.05) is 0 Å². The van der Waals surface area contributed by atoms with Gasteiger partial charge in [0.15, 0.2) is 0 Å². The molecule has 9 heteroatoms. The monoisotopic (exact) mass is 413 g/mol. The van der Waals surface area contributed by atoms with Crippen LogP contribution in [0.5, 0.6) is 5.75 Å². The Hall–Kier alpha value is -1.71. The number of benzene rings is 1. The van der Waals surface area contributed by atoms with Crippen LogP contribution in [0.15, 0.2) is 23.1 Å². The Labute approximate surface area is 165 Å². The Kier molecular flexibility index (Phi) is 6.57. The molecule has 0 unspecified atom stereocenters. The van der Waals surface area contributed by atoms with Crippen molar-refractivity contribution < 1.29 is 22.3 Å². The van der Waals surface area contributed by atoms with E-state index in [1.165, 1.54) is 17.5 Å². The van der Waals surface area contributed by atoms with E-state index < -0.39 is 21.8 Å². The maximum absolute atomic E-state index is 13.7. The zero-order chi connectivity index (χ0) is 20.3. The molecule has 2 heterocycles. The van der Waals surface area contributed by atoms with Gasteiger partial charge in [0, 0.05) is 19.1 Å². The van der Waals surface area contributed by atoms with Gasteiger partial charge < -0.3 is 15.0 Å². The first-order valence-corrected chi connectivity index (χ1v) is 11.1. The van der Waals surface area contributed by atoms with Gasteiger partial charge in [0.25, 0.3) is 0 Å². The number of nitrogens with one attached hydrogen (secondary N) is 1. The molecule has 1 aromatic carbocycles. The summed E-state index contributed by atoms with van der Waals surface area (Å²) in [4.78, 5) is 14.7. The van der Waals surface area contributed by atoms with Crippen molar-refractivity contribution in [2.45, 2.75) is 36.6 Å². The maximum atomic E-state index is 13.7. The highest BCUT2D eigenvalue weighted by atomic mass is 32.2. The summed E-state index contributed by atoms with van der Waals surface area (Å²) in [6, 6.07) is 3.57. The van der Waals surface area contributed by atoms with Crippen molar-refractivity contribution in [1.29, 1.82) is 0 Å². The Bertz CT molecular complexity index is 809. The Morgan fingerprint density at radius 2 is 1.93 bits per heavy atom. The number of piperidine rings is 2. The van der Waals surface area contributed by atoms with Crippen molar-refractivity contribution in [3.8, 4) is 5.75 Å². The average Bonchev–Trinajstić information content (AvgIpc) is 2.69. The zero-order valence-corrected chi connectivity index (χ0v) is 17.2. The van der Waals surface area contributed by atoms with Crippen LogP contribution in [0, 0.1) is 11.7 Å². The molecule has 2 aliphatic heterocycles. The fourth-order valence-corrected chi connectivity index (χ4v) is 5.53. The topological polar surface area (TPSA) is 79.0 Å². The molecule has 0 radical (unpaired) electrons. The molecule has 1 atom stereocenters. The summed E-state index contributed by atoms with van der Waals surface area (Å²) in [6.45, 7) is 2.28. The molecule has 3 rings (SSSR count). The van der Waals surface area contributed by atoms with Crippen molar-refractivity contribution in [3.63, 3.8) is 0 Å². The molecule has 2 fully saturated rings. The minimum Gasteiger partial charge on any atom is -0.495 e. The Morgan fingerprint density at radius 3 is 2.61 bits per heavy atom. The molecule has 1 aromatic rings. The van der Waals surface area contributed by atoms with Crippen LogP contribution in [-0.2, 0) is 14.8 Å². The summed E-state index contributed by atoms with van der Waals surface area (Å²) in [7, 11) is -0.547. The molecular formula is C19H28FN3O4S.